The number of carbonyl (C=O) groups is 1. The van der Waals surface area contributed by atoms with Gasteiger partial charge in [-0.3, -0.25) is 14.2 Å². The van der Waals surface area contributed by atoms with Crippen molar-refractivity contribution >= 4 is 11.6 Å². The number of H-pyrrole nitrogens is 1. The van der Waals surface area contributed by atoms with Crippen molar-refractivity contribution in [2.45, 2.75) is 19.5 Å². The van der Waals surface area contributed by atoms with Gasteiger partial charge in [0.2, 0.25) is 0 Å². The van der Waals surface area contributed by atoms with Gasteiger partial charge in [-0.1, -0.05) is 30.3 Å². The number of alkyl halides is 3. The lowest BCUT2D eigenvalue weighted by Gasteiger charge is -2.13. The Hall–Kier alpha value is -4.02. The van der Waals surface area contributed by atoms with E-state index in [-0.39, 0.29) is 24.3 Å². The lowest BCUT2D eigenvalue weighted by molar-refractivity contribution is -0.274. The summed E-state index contributed by atoms with van der Waals surface area (Å²) in [6.45, 7) is -0.347. The summed E-state index contributed by atoms with van der Waals surface area (Å²) in [5, 5.41) is 2.35. The molecule has 1 amide bonds. The summed E-state index contributed by atoms with van der Waals surface area (Å²) in [6.07, 6.45) is -4.89. The van der Waals surface area contributed by atoms with Crippen molar-refractivity contribution in [3.05, 3.63) is 92.3 Å². The van der Waals surface area contributed by atoms with Crippen LogP contribution in [0.2, 0.25) is 0 Å². The molecule has 0 aliphatic carbocycles. The smallest absolute Gasteiger partial charge is 0.405 e. The third-order valence-corrected chi connectivity index (χ3v) is 4.22. The maximum Gasteiger partial charge on any atom is 0.573 e. The van der Waals surface area contributed by atoms with Crippen LogP contribution in [0.25, 0.3) is 0 Å². The van der Waals surface area contributed by atoms with E-state index < -0.39 is 29.3 Å². The zero-order valence-electron chi connectivity index (χ0n) is 15.9. The molecule has 162 valence electrons. The summed E-state index contributed by atoms with van der Waals surface area (Å²) in [6, 6.07) is 12.8. The number of carbonyl (C=O) groups excluding carboxylic acids is 1. The SMILES string of the molecule is Nc1ccc(Cn2c(=O)cc(C(=O)NCc3ccccc3OC(F)(F)F)[nH]c2=O)cc1. The molecule has 31 heavy (non-hydrogen) atoms. The van der Waals surface area contributed by atoms with E-state index in [0.717, 1.165) is 16.7 Å². The quantitative estimate of drug-likeness (QED) is 0.513. The maximum atomic E-state index is 12.5. The largest absolute Gasteiger partial charge is 0.573 e. The number of anilines is 1. The first-order valence-corrected chi connectivity index (χ1v) is 8.93. The van der Waals surface area contributed by atoms with E-state index in [1.807, 2.05) is 0 Å². The Bertz CT molecular complexity index is 1170. The molecule has 1 aromatic heterocycles. The van der Waals surface area contributed by atoms with Gasteiger partial charge in [0.05, 0.1) is 6.54 Å². The number of hydrogen-bond donors (Lipinski definition) is 3. The van der Waals surface area contributed by atoms with Crippen molar-refractivity contribution < 1.29 is 22.7 Å². The average Bonchev–Trinajstić information content (AvgIpc) is 2.70. The van der Waals surface area contributed by atoms with Gasteiger partial charge in [-0.2, -0.15) is 0 Å². The minimum Gasteiger partial charge on any atom is -0.405 e. The minimum absolute atomic E-state index is 0.0293. The van der Waals surface area contributed by atoms with Gasteiger partial charge in [0, 0.05) is 23.9 Å². The van der Waals surface area contributed by atoms with Crippen LogP contribution in [0.1, 0.15) is 21.6 Å². The zero-order chi connectivity index (χ0) is 22.6. The lowest BCUT2D eigenvalue weighted by Crippen LogP contribution is -2.38. The Balaban J connectivity index is 1.74. The number of para-hydroxylation sites is 1. The second kappa shape index (κ2) is 8.78. The van der Waals surface area contributed by atoms with Gasteiger partial charge in [0.1, 0.15) is 11.4 Å². The Morgan fingerprint density at radius 1 is 1.10 bits per heavy atom. The van der Waals surface area contributed by atoms with E-state index in [1.54, 1.807) is 24.3 Å². The van der Waals surface area contributed by atoms with E-state index in [2.05, 4.69) is 15.0 Å². The average molecular weight is 434 g/mol. The number of benzene rings is 2. The summed E-state index contributed by atoms with van der Waals surface area (Å²) in [5.74, 6) is -1.31. The number of nitrogen functional groups attached to an aromatic ring is 1. The standard InChI is InChI=1S/C20H17F3N4O4/c21-20(22,23)31-16-4-2-1-3-13(16)10-25-18(29)15-9-17(28)27(19(30)26-15)11-12-5-7-14(24)8-6-12/h1-9H,10-11,24H2,(H,25,29)(H,26,30). The first-order valence-electron chi connectivity index (χ1n) is 8.93. The highest BCUT2D eigenvalue weighted by Crippen LogP contribution is 2.26. The van der Waals surface area contributed by atoms with Gasteiger partial charge in [-0.25, -0.2) is 4.79 Å². The fraction of sp³-hybridized carbons (Fsp3) is 0.150. The number of nitrogens with zero attached hydrogens (tertiary/aromatic N) is 1. The summed E-state index contributed by atoms with van der Waals surface area (Å²) >= 11 is 0. The highest BCUT2D eigenvalue weighted by molar-refractivity contribution is 5.92. The third-order valence-electron chi connectivity index (χ3n) is 4.22. The topological polar surface area (TPSA) is 119 Å². The third kappa shape index (κ3) is 5.75. The summed E-state index contributed by atoms with van der Waals surface area (Å²) in [5.41, 5.74) is 4.99. The molecule has 11 heteroatoms. The molecule has 3 aromatic rings. The van der Waals surface area contributed by atoms with Crippen molar-refractivity contribution in [2.24, 2.45) is 0 Å². The number of rotatable bonds is 6. The van der Waals surface area contributed by atoms with Gasteiger partial charge in [0.25, 0.3) is 11.5 Å². The number of aromatic amines is 1. The van der Waals surface area contributed by atoms with Crippen LogP contribution >= 0.6 is 0 Å². The van der Waals surface area contributed by atoms with E-state index >= 15 is 0 Å². The Kier molecular flexibility index (Phi) is 6.14. The number of aromatic nitrogens is 2. The van der Waals surface area contributed by atoms with Crippen molar-refractivity contribution in [2.75, 3.05) is 5.73 Å². The normalized spacial score (nSPS) is 11.2. The molecule has 2 aromatic carbocycles. The number of hydrogen-bond acceptors (Lipinski definition) is 5. The van der Waals surface area contributed by atoms with Crippen LogP contribution in [0.4, 0.5) is 18.9 Å². The van der Waals surface area contributed by atoms with Crippen LogP contribution in [0.5, 0.6) is 5.75 Å². The number of nitrogens with one attached hydrogen (secondary N) is 2. The lowest BCUT2D eigenvalue weighted by atomic mass is 10.2. The molecule has 0 radical (unpaired) electrons. The molecule has 0 saturated heterocycles. The maximum absolute atomic E-state index is 12.5. The van der Waals surface area contributed by atoms with Crippen molar-refractivity contribution in [1.29, 1.82) is 0 Å². The molecule has 0 saturated carbocycles. The van der Waals surface area contributed by atoms with Gasteiger partial charge >= 0.3 is 12.1 Å². The van der Waals surface area contributed by atoms with Crippen LogP contribution in [0, 0.1) is 0 Å². The molecule has 8 nitrogen and oxygen atoms in total. The van der Waals surface area contributed by atoms with E-state index in [1.165, 1.54) is 18.2 Å². The van der Waals surface area contributed by atoms with Crippen LogP contribution in [-0.4, -0.2) is 21.8 Å². The van der Waals surface area contributed by atoms with Gasteiger partial charge in [0.15, 0.2) is 0 Å². The van der Waals surface area contributed by atoms with Gasteiger partial charge < -0.3 is 20.8 Å². The van der Waals surface area contributed by atoms with Crippen molar-refractivity contribution in [3.8, 4) is 5.75 Å². The highest BCUT2D eigenvalue weighted by Gasteiger charge is 2.32. The van der Waals surface area contributed by atoms with Crippen LogP contribution < -0.4 is 27.0 Å². The molecule has 0 atom stereocenters. The molecule has 1 heterocycles. The summed E-state index contributed by atoms with van der Waals surface area (Å²) < 4.78 is 42.3. The van der Waals surface area contributed by atoms with Gasteiger partial charge in [-0.05, 0) is 23.8 Å². The monoisotopic (exact) mass is 434 g/mol. The fourth-order valence-corrected chi connectivity index (χ4v) is 2.74. The van der Waals surface area contributed by atoms with E-state index in [4.69, 9.17) is 5.73 Å². The summed E-state index contributed by atoms with van der Waals surface area (Å²) in [7, 11) is 0. The fourth-order valence-electron chi connectivity index (χ4n) is 2.74. The first-order chi connectivity index (χ1) is 14.6. The molecule has 0 fully saturated rings. The van der Waals surface area contributed by atoms with Crippen molar-refractivity contribution in [3.63, 3.8) is 0 Å². The summed E-state index contributed by atoms with van der Waals surface area (Å²) in [4.78, 5) is 39.2. The van der Waals surface area contributed by atoms with Gasteiger partial charge in [-0.15, -0.1) is 13.2 Å². The number of ether oxygens (including phenoxy) is 1. The molecule has 0 aliphatic rings. The molecular formula is C20H17F3N4O4. The van der Waals surface area contributed by atoms with Crippen LogP contribution in [0.15, 0.2) is 64.2 Å². The second-order valence-corrected chi connectivity index (χ2v) is 6.49. The first kappa shape index (κ1) is 21.7. The molecule has 0 aliphatic heterocycles. The molecule has 0 bridgehead atoms. The van der Waals surface area contributed by atoms with E-state index in [0.29, 0.717) is 11.3 Å². The Labute approximate surface area is 173 Å². The number of halogens is 3. The Morgan fingerprint density at radius 2 is 1.77 bits per heavy atom. The zero-order valence-corrected chi connectivity index (χ0v) is 15.9. The molecule has 0 unspecified atom stereocenters. The predicted octanol–water partition coefficient (Wildman–Crippen LogP) is 2.00. The Morgan fingerprint density at radius 3 is 2.42 bits per heavy atom. The molecule has 0 spiro atoms. The molecule has 3 rings (SSSR count). The van der Waals surface area contributed by atoms with Crippen LogP contribution in [0.3, 0.4) is 0 Å². The van der Waals surface area contributed by atoms with Crippen molar-refractivity contribution in [1.82, 2.24) is 14.9 Å². The number of nitrogens with two attached hydrogens (primary N) is 1. The van der Waals surface area contributed by atoms with Crippen LogP contribution in [-0.2, 0) is 13.1 Å². The highest BCUT2D eigenvalue weighted by atomic mass is 19.4. The second-order valence-electron chi connectivity index (χ2n) is 6.49. The molecule has 4 N–H and O–H groups in total. The number of amides is 1. The minimum atomic E-state index is -4.89. The van der Waals surface area contributed by atoms with E-state index in [9.17, 15) is 27.6 Å². The molecular weight excluding hydrogens is 417 g/mol. The predicted molar refractivity (Wildman–Crippen MR) is 106 cm³/mol.